The maximum absolute atomic E-state index is 14.8. The molecular formula is C40H53N5O7. The third-order valence-electron chi connectivity index (χ3n) is 10.6. The first-order valence-electron chi connectivity index (χ1n) is 18.7. The number of benzene rings is 2. The lowest BCUT2D eigenvalue weighted by atomic mass is 9.92. The lowest BCUT2D eigenvalue weighted by Crippen LogP contribution is -2.62. The average Bonchev–Trinajstić information content (AvgIpc) is 3.56. The smallest absolute Gasteiger partial charge is 0.248 e. The Labute approximate surface area is 305 Å². The van der Waals surface area contributed by atoms with Crippen LogP contribution in [0.2, 0.25) is 0 Å². The fourth-order valence-electron chi connectivity index (χ4n) is 7.28. The second-order valence-electron chi connectivity index (χ2n) is 14.0. The van der Waals surface area contributed by atoms with E-state index in [1.54, 1.807) is 25.2 Å². The number of methoxy groups -OCH3 is 2. The monoisotopic (exact) mass is 715 g/mol. The summed E-state index contributed by atoms with van der Waals surface area (Å²) >= 11 is 0. The molecule has 4 N–H and O–H groups in total. The SMILES string of the molecule is CCC(=O)CCCCCC1NC(=O)C2CCCCN2C(=O)C(C(C)CC)NC(=O)C(c2c(-c3cc(OC)cc(OC)c3)[nH]c3ccccc23)NC1=O. The summed E-state index contributed by atoms with van der Waals surface area (Å²) in [4.78, 5) is 74.5. The molecule has 280 valence electrons. The summed E-state index contributed by atoms with van der Waals surface area (Å²) in [5, 5.41) is 9.76. The number of nitrogens with one attached hydrogen (secondary N) is 4. The Morgan fingerprint density at radius 3 is 2.31 bits per heavy atom. The topological polar surface area (TPSA) is 159 Å². The van der Waals surface area contributed by atoms with Gasteiger partial charge >= 0.3 is 0 Å². The van der Waals surface area contributed by atoms with Crippen LogP contribution in [-0.2, 0) is 24.0 Å². The molecule has 5 atom stereocenters. The summed E-state index contributed by atoms with van der Waals surface area (Å²) in [7, 11) is 3.11. The van der Waals surface area contributed by atoms with Crippen LogP contribution in [0, 0.1) is 5.92 Å². The van der Waals surface area contributed by atoms with Crippen LogP contribution in [-0.4, -0.2) is 78.2 Å². The van der Waals surface area contributed by atoms with Crippen molar-refractivity contribution in [3.05, 3.63) is 48.0 Å². The minimum Gasteiger partial charge on any atom is -0.497 e. The van der Waals surface area contributed by atoms with Crippen molar-refractivity contribution in [2.45, 2.75) is 109 Å². The fraction of sp³-hybridized carbons (Fsp3) is 0.525. The fourth-order valence-corrected chi connectivity index (χ4v) is 7.28. The molecule has 1 aromatic heterocycles. The molecule has 5 unspecified atom stereocenters. The van der Waals surface area contributed by atoms with E-state index in [2.05, 4.69) is 20.9 Å². The average molecular weight is 716 g/mol. The van der Waals surface area contributed by atoms with Gasteiger partial charge in [-0.1, -0.05) is 58.2 Å². The predicted molar refractivity (Wildman–Crippen MR) is 199 cm³/mol. The van der Waals surface area contributed by atoms with E-state index in [0.717, 1.165) is 18.4 Å². The van der Waals surface area contributed by atoms with Crippen LogP contribution in [0.1, 0.15) is 96.6 Å². The molecule has 0 aliphatic carbocycles. The van der Waals surface area contributed by atoms with E-state index in [4.69, 9.17) is 9.47 Å². The molecule has 2 aromatic carbocycles. The summed E-state index contributed by atoms with van der Waals surface area (Å²) in [6.45, 7) is 6.09. The van der Waals surface area contributed by atoms with Crippen LogP contribution in [0.4, 0.5) is 0 Å². The number of rotatable bonds is 13. The van der Waals surface area contributed by atoms with Gasteiger partial charge in [-0.2, -0.15) is 0 Å². The van der Waals surface area contributed by atoms with Crippen molar-refractivity contribution < 1.29 is 33.4 Å². The highest BCUT2D eigenvalue weighted by atomic mass is 16.5. The Hall–Kier alpha value is -4.87. The maximum atomic E-state index is 14.8. The minimum atomic E-state index is -1.26. The van der Waals surface area contributed by atoms with E-state index < -0.39 is 36.0 Å². The van der Waals surface area contributed by atoms with Gasteiger partial charge in [0, 0.05) is 47.5 Å². The molecule has 2 fully saturated rings. The molecule has 52 heavy (non-hydrogen) atoms. The Morgan fingerprint density at radius 2 is 1.62 bits per heavy atom. The highest BCUT2D eigenvalue weighted by Crippen LogP contribution is 2.38. The van der Waals surface area contributed by atoms with E-state index in [-0.39, 0.29) is 23.5 Å². The van der Waals surface area contributed by atoms with Crippen molar-refractivity contribution in [1.82, 2.24) is 25.8 Å². The number of piperidine rings is 1. The van der Waals surface area contributed by atoms with Crippen LogP contribution in [0.15, 0.2) is 42.5 Å². The molecule has 0 spiro atoms. The summed E-state index contributed by atoms with van der Waals surface area (Å²) in [6.07, 6.45) is 5.80. The number of amides is 4. The lowest BCUT2D eigenvalue weighted by molar-refractivity contribution is -0.147. The van der Waals surface area contributed by atoms with Gasteiger partial charge in [-0.25, -0.2) is 0 Å². The minimum absolute atomic E-state index is 0.187. The summed E-state index contributed by atoms with van der Waals surface area (Å²) in [6, 6.07) is 9.00. The number of unbranched alkanes of at least 4 members (excludes halogenated alkanes) is 2. The zero-order chi connectivity index (χ0) is 37.4. The van der Waals surface area contributed by atoms with E-state index >= 15 is 0 Å². The maximum Gasteiger partial charge on any atom is 0.248 e. The quantitative estimate of drug-likeness (QED) is 0.174. The number of aromatic amines is 1. The first kappa shape index (κ1) is 38.4. The number of para-hydroxylation sites is 1. The number of aromatic nitrogens is 1. The molecule has 3 aromatic rings. The van der Waals surface area contributed by atoms with Gasteiger partial charge in [0.05, 0.1) is 19.9 Å². The van der Waals surface area contributed by atoms with Gasteiger partial charge in [-0.3, -0.25) is 24.0 Å². The number of nitrogens with zero attached hydrogens (tertiary/aromatic N) is 1. The first-order valence-corrected chi connectivity index (χ1v) is 18.7. The Balaban J connectivity index is 1.62. The summed E-state index contributed by atoms with van der Waals surface area (Å²) < 4.78 is 11.1. The van der Waals surface area contributed by atoms with Gasteiger partial charge in [-0.05, 0) is 56.2 Å². The number of carbonyl (C=O) groups is 5. The van der Waals surface area contributed by atoms with Crippen molar-refractivity contribution in [1.29, 1.82) is 0 Å². The molecule has 2 aliphatic heterocycles. The van der Waals surface area contributed by atoms with Gasteiger partial charge in [0.15, 0.2) is 0 Å². The molecule has 12 nitrogen and oxygen atoms in total. The molecule has 0 saturated carbocycles. The van der Waals surface area contributed by atoms with Crippen molar-refractivity contribution in [3.8, 4) is 22.8 Å². The van der Waals surface area contributed by atoms with E-state index in [9.17, 15) is 24.0 Å². The van der Waals surface area contributed by atoms with E-state index in [0.29, 0.717) is 91.6 Å². The zero-order valence-corrected chi connectivity index (χ0v) is 31.0. The summed E-state index contributed by atoms with van der Waals surface area (Å²) in [5.74, 6) is -0.720. The zero-order valence-electron chi connectivity index (χ0n) is 31.0. The number of ketones is 1. The van der Waals surface area contributed by atoms with Gasteiger partial charge in [0.25, 0.3) is 0 Å². The highest BCUT2D eigenvalue weighted by Gasteiger charge is 2.42. The van der Waals surface area contributed by atoms with E-state index in [1.165, 1.54) is 0 Å². The number of ether oxygens (including phenoxy) is 2. The van der Waals surface area contributed by atoms with Crippen molar-refractivity contribution in [3.63, 3.8) is 0 Å². The molecule has 0 bridgehead atoms. The summed E-state index contributed by atoms with van der Waals surface area (Å²) in [5.41, 5.74) is 2.46. The van der Waals surface area contributed by atoms with Gasteiger partial charge < -0.3 is 35.3 Å². The third-order valence-corrected chi connectivity index (χ3v) is 10.6. The molecule has 5 rings (SSSR count). The second kappa shape index (κ2) is 17.6. The van der Waals surface area contributed by atoms with Crippen LogP contribution in [0.25, 0.3) is 22.2 Å². The van der Waals surface area contributed by atoms with Gasteiger partial charge in [-0.15, -0.1) is 0 Å². The molecule has 2 aliphatic rings. The molecule has 3 heterocycles. The normalized spacial score (nSPS) is 22.0. The number of H-pyrrole nitrogens is 1. The predicted octanol–water partition coefficient (Wildman–Crippen LogP) is 5.35. The van der Waals surface area contributed by atoms with Crippen molar-refractivity contribution in [2.75, 3.05) is 20.8 Å². The molecule has 0 radical (unpaired) electrons. The third kappa shape index (κ3) is 8.59. The lowest BCUT2D eigenvalue weighted by Gasteiger charge is -2.39. The largest absolute Gasteiger partial charge is 0.497 e. The van der Waals surface area contributed by atoms with Crippen LogP contribution >= 0.6 is 0 Å². The molecule has 4 amide bonds. The number of hydrogen-bond donors (Lipinski definition) is 4. The van der Waals surface area contributed by atoms with Crippen LogP contribution < -0.4 is 25.4 Å². The van der Waals surface area contributed by atoms with Crippen molar-refractivity contribution >= 4 is 40.3 Å². The van der Waals surface area contributed by atoms with Crippen LogP contribution in [0.5, 0.6) is 11.5 Å². The number of Topliss-reactive ketones (excluding diaryl/α,β-unsaturated/α-hetero) is 1. The molecule has 12 heteroatoms. The first-order chi connectivity index (χ1) is 25.1. The molecular weight excluding hydrogens is 662 g/mol. The number of carbonyl (C=O) groups excluding carboxylic acids is 5. The second-order valence-corrected chi connectivity index (χ2v) is 14.0. The van der Waals surface area contributed by atoms with Crippen LogP contribution in [0.3, 0.4) is 0 Å². The Morgan fingerprint density at radius 1 is 0.885 bits per heavy atom. The Bertz CT molecular complexity index is 1750. The highest BCUT2D eigenvalue weighted by molar-refractivity contribution is 6.02. The van der Waals surface area contributed by atoms with Crippen molar-refractivity contribution in [2.24, 2.45) is 5.92 Å². The number of hydrogen-bond acceptors (Lipinski definition) is 7. The van der Waals surface area contributed by atoms with E-state index in [1.807, 2.05) is 57.2 Å². The number of fused-ring (bicyclic) bond motifs is 2. The van der Waals surface area contributed by atoms with Gasteiger partial charge in [0.2, 0.25) is 23.6 Å². The molecule has 2 saturated heterocycles. The standard InChI is InChI=1S/C40H53N5O7/c1-6-24(3)34-40(50)45-20-14-13-19-32(45)38(48)42-31(18-10-8-9-15-26(46)7-2)37(47)44-36(39(49)43-34)33-29-16-11-12-17-30(29)41-35(33)25-21-27(51-4)23-28(22-25)52-5/h11-12,16-17,21-24,31-32,34,36,41H,6-10,13-15,18-20H2,1-5H3,(H,42,48)(H,43,49)(H,44,47). The van der Waals surface area contributed by atoms with Gasteiger partial charge in [0.1, 0.15) is 41.4 Å². The Kier molecular flexibility index (Phi) is 13.0.